The normalized spacial score (nSPS) is 9.75. The molecule has 0 aliphatic rings. The van der Waals surface area contributed by atoms with Gasteiger partial charge in [-0.25, -0.2) is 0 Å². The number of nitrogens with two attached hydrogens (primary N) is 1. The van der Waals surface area contributed by atoms with Crippen molar-refractivity contribution >= 4 is 53.9 Å². The van der Waals surface area contributed by atoms with E-state index in [4.69, 9.17) is 38.8 Å². The van der Waals surface area contributed by atoms with E-state index in [1.807, 2.05) is 12.1 Å². The molecule has 0 unspecified atom stereocenters. The second-order valence-electron chi connectivity index (χ2n) is 4.63. The Labute approximate surface area is 161 Å². The Balaban J connectivity index is 0.00000144. The summed E-state index contributed by atoms with van der Waals surface area (Å²) in [4.78, 5) is 4.25. The fourth-order valence-electron chi connectivity index (χ4n) is 2.01. The van der Waals surface area contributed by atoms with E-state index in [1.165, 1.54) is 6.20 Å². The molecular formula is C16H13Cl4N3O. The molecule has 24 heavy (non-hydrogen) atoms. The zero-order valence-corrected chi connectivity index (χ0v) is 15.3. The van der Waals surface area contributed by atoms with Crippen LogP contribution in [0.2, 0.25) is 10.0 Å². The molecule has 0 saturated heterocycles. The van der Waals surface area contributed by atoms with E-state index in [0.717, 1.165) is 5.56 Å². The first-order valence-electron chi connectivity index (χ1n) is 6.40. The number of amidine groups is 1. The zero-order valence-electron chi connectivity index (χ0n) is 12.1. The number of nitrogens with zero attached hydrogens (tertiary/aromatic N) is 1. The molecule has 3 aromatic rings. The molecule has 0 atom stereocenters. The highest BCUT2D eigenvalue weighted by Crippen LogP contribution is 2.33. The highest BCUT2D eigenvalue weighted by atomic mass is 35.5. The lowest BCUT2D eigenvalue weighted by molar-refractivity contribution is 0.595. The molecule has 8 heteroatoms. The average Bonchev–Trinajstić information content (AvgIpc) is 2.97. The van der Waals surface area contributed by atoms with Gasteiger partial charge in [0.15, 0.2) is 5.76 Å². The predicted molar refractivity (Wildman–Crippen MR) is 103 cm³/mol. The van der Waals surface area contributed by atoms with Gasteiger partial charge in [-0.2, -0.15) is 0 Å². The average molecular weight is 405 g/mol. The standard InChI is InChI=1S/C16H11Cl2N3O.2ClH/c17-10-2-3-11(12(18)7-10)14-5-6-15(22-14)13-4-1-9(8-21-13)16(19)20;;/h1-8H,(H3,19,20);2*1H. The SMILES string of the molecule is Cl.Cl.N=C(N)c1ccc(-c2ccc(-c3ccc(Cl)cc3Cl)o2)nc1. The number of aromatic nitrogens is 1. The quantitative estimate of drug-likeness (QED) is 0.450. The Morgan fingerprint density at radius 1 is 1.00 bits per heavy atom. The maximum atomic E-state index is 7.36. The van der Waals surface area contributed by atoms with Crippen molar-refractivity contribution < 1.29 is 4.42 Å². The number of rotatable bonds is 3. The summed E-state index contributed by atoms with van der Waals surface area (Å²) in [5, 5.41) is 8.45. The molecule has 3 N–H and O–H groups in total. The van der Waals surface area contributed by atoms with E-state index >= 15 is 0 Å². The van der Waals surface area contributed by atoms with Gasteiger partial charge >= 0.3 is 0 Å². The molecule has 126 valence electrons. The molecular weight excluding hydrogens is 392 g/mol. The molecule has 0 aliphatic carbocycles. The number of hydrogen-bond acceptors (Lipinski definition) is 3. The molecule has 3 rings (SSSR count). The van der Waals surface area contributed by atoms with Crippen LogP contribution in [0.5, 0.6) is 0 Å². The van der Waals surface area contributed by atoms with E-state index in [0.29, 0.717) is 32.8 Å². The maximum Gasteiger partial charge on any atom is 0.153 e. The van der Waals surface area contributed by atoms with Crippen molar-refractivity contribution in [2.75, 3.05) is 0 Å². The van der Waals surface area contributed by atoms with Crippen LogP contribution in [0, 0.1) is 5.41 Å². The molecule has 2 aromatic heterocycles. The number of halogens is 4. The van der Waals surface area contributed by atoms with Gasteiger partial charge in [-0.1, -0.05) is 23.2 Å². The van der Waals surface area contributed by atoms with Crippen molar-refractivity contribution in [3.63, 3.8) is 0 Å². The van der Waals surface area contributed by atoms with Crippen molar-refractivity contribution in [2.45, 2.75) is 0 Å². The van der Waals surface area contributed by atoms with Gasteiger partial charge in [0, 0.05) is 22.3 Å². The second kappa shape index (κ2) is 8.40. The van der Waals surface area contributed by atoms with Gasteiger partial charge in [-0.05, 0) is 42.5 Å². The first-order chi connectivity index (χ1) is 10.5. The van der Waals surface area contributed by atoms with Crippen LogP contribution in [0.4, 0.5) is 0 Å². The molecule has 2 heterocycles. The minimum absolute atomic E-state index is 0. The van der Waals surface area contributed by atoms with Crippen LogP contribution >= 0.6 is 48.0 Å². The molecule has 4 nitrogen and oxygen atoms in total. The fraction of sp³-hybridized carbons (Fsp3) is 0. The van der Waals surface area contributed by atoms with E-state index in [9.17, 15) is 0 Å². The van der Waals surface area contributed by atoms with E-state index < -0.39 is 0 Å². The highest BCUT2D eigenvalue weighted by molar-refractivity contribution is 6.36. The van der Waals surface area contributed by atoms with Crippen molar-refractivity contribution in [3.8, 4) is 22.8 Å². The molecule has 0 aliphatic heterocycles. The first-order valence-corrected chi connectivity index (χ1v) is 7.16. The smallest absolute Gasteiger partial charge is 0.153 e. The third kappa shape index (κ3) is 4.22. The molecule has 0 bridgehead atoms. The Morgan fingerprint density at radius 2 is 1.71 bits per heavy atom. The summed E-state index contributed by atoms with van der Waals surface area (Å²) in [6, 6.07) is 12.3. The largest absolute Gasteiger partial charge is 0.454 e. The Kier molecular flexibility index (Phi) is 7.11. The monoisotopic (exact) mass is 403 g/mol. The summed E-state index contributed by atoms with van der Waals surface area (Å²) >= 11 is 12.1. The van der Waals surface area contributed by atoms with Crippen molar-refractivity contribution in [1.82, 2.24) is 4.98 Å². The molecule has 0 fully saturated rings. The summed E-state index contributed by atoms with van der Waals surface area (Å²) in [6.45, 7) is 0. The van der Waals surface area contributed by atoms with Crippen molar-refractivity contribution in [1.29, 1.82) is 5.41 Å². The topological polar surface area (TPSA) is 75.9 Å². The van der Waals surface area contributed by atoms with Gasteiger partial charge in [-0.15, -0.1) is 24.8 Å². The van der Waals surface area contributed by atoms with Crippen LogP contribution in [-0.4, -0.2) is 10.8 Å². The maximum absolute atomic E-state index is 7.36. The van der Waals surface area contributed by atoms with Crippen LogP contribution in [0.15, 0.2) is 53.1 Å². The van der Waals surface area contributed by atoms with Gasteiger partial charge in [0.05, 0.1) is 5.02 Å². The molecule has 0 radical (unpaired) electrons. The minimum atomic E-state index is -0.0212. The molecule has 0 amide bonds. The Bertz CT molecular complexity index is 847. The van der Waals surface area contributed by atoms with E-state index in [1.54, 1.807) is 30.3 Å². The van der Waals surface area contributed by atoms with Crippen LogP contribution in [0.1, 0.15) is 5.56 Å². The van der Waals surface area contributed by atoms with Crippen LogP contribution < -0.4 is 5.73 Å². The Hall–Kier alpha value is -1.72. The Morgan fingerprint density at radius 3 is 2.29 bits per heavy atom. The summed E-state index contributed by atoms with van der Waals surface area (Å²) in [7, 11) is 0. The van der Waals surface area contributed by atoms with E-state index in [2.05, 4.69) is 4.98 Å². The van der Waals surface area contributed by atoms with Crippen LogP contribution in [0.3, 0.4) is 0 Å². The van der Waals surface area contributed by atoms with Gasteiger partial charge in [0.2, 0.25) is 0 Å². The lowest BCUT2D eigenvalue weighted by Gasteiger charge is -2.02. The summed E-state index contributed by atoms with van der Waals surface area (Å²) in [6.07, 6.45) is 1.54. The van der Waals surface area contributed by atoms with Gasteiger partial charge in [0.25, 0.3) is 0 Å². The summed E-state index contributed by atoms with van der Waals surface area (Å²) < 4.78 is 5.80. The minimum Gasteiger partial charge on any atom is -0.454 e. The molecule has 0 saturated carbocycles. The molecule has 0 spiro atoms. The number of pyridine rings is 1. The number of benzene rings is 1. The first kappa shape index (κ1) is 20.3. The van der Waals surface area contributed by atoms with Gasteiger partial charge < -0.3 is 10.2 Å². The number of furan rings is 1. The van der Waals surface area contributed by atoms with Crippen LogP contribution in [-0.2, 0) is 0 Å². The highest BCUT2D eigenvalue weighted by Gasteiger charge is 2.11. The van der Waals surface area contributed by atoms with E-state index in [-0.39, 0.29) is 30.6 Å². The third-order valence-corrected chi connectivity index (χ3v) is 3.68. The summed E-state index contributed by atoms with van der Waals surface area (Å²) in [5.74, 6) is 1.22. The lowest BCUT2D eigenvalue weighted by atomic mass is 10.2. The zero-order chi connectivity index (χ0) is 15.7. The molecule has 1 aromatic carbocycles. The number of hydrogen-bond donors (Lipinski definition) is 2. The fourth-order valence-corrected chi connectivity index (χ4v) is 2.51. The van der Waals surface area contributed by atoms with Crippen LogP contribution in [0.25, 0.3) is 22.8 Å². The predicted octanol–water partition coefficient (Wildman–Crippen LogP) is 5.44. The number of nitrogens with one attached hydrogen (secondary N) is 1. The number of nitrogen functional groups attached to an aromatic ring is 1. The van der Waals surface area contributed by atoms with Gasteiger partial charge in [0.1, 0.15) is 17.3 Å². The van der Waals surface area contributed by atoms with Crippen molar-refractivity contribution in [3.05, 3.63) is 64.3 Å². The lowest BCUT2D eigenvalue weighted by Crippen LogP contribution is -2.11. The third-order valence-electron chi connectivity index (χ3n) is 3.13. The van der Waals surface area contributed by atoms with Gasteiger partial charge in [-0.3, -0.25) is 10.4 Å². The summed E-state index contributed by atoms with van der Waals surface area (Å²) in [5.41, 5.74) is 7.39. The van der Waals surface area contributed by atoms with Crippen molar-refractivity contribution in [2.24, 2.45) is 5.73 Å². The second-order valence-corrected chi connectivity index (χ2v) is 5.48.